The molecule has 0 aromatic carbocycles. The van der Waals surface area contributed by atoms with Crippen LogP contribution in [0, 0.1) is 13.0 Å². The third-order valence-electron chi connectivity index (χ3n) is 1.66. The summed E-state index contributed by atoms with van der Waals surface area (Å²) in [5.41, 5.74) is 0. The quantitative estimate of drug-likeness (QED) is 0.524. The Labute approximate surface area is 64.4 Å². The van der Waals surface area contributed by atoms with Crippen LogP contribution in [-0.2, 0) is 0 Å². The van der Waals surface area contributed by atoms with Gasteiger partial charge in [-0.2, -0.15) is 7.05 Å². The summed E-state index contributed by atoms with van der Waals surface area (Å²) in [4.78, 5) is 0. The van der Waals surface area contributed by atoms with Gasteiger partial charge in [-0.3, -0.25) is 0 Å². The summed E-state index contributed by atoms with van der Waals surface area (Å²) in [7, 11) is 3.70. The van der Waals surface area contributed by atoms with E-state index in [4.69, 9.17) is 0 Å². The molecule has 1 aliphatic rings. The van der Waals surface area contributed by atoms with Gasteiger partial charge in [-0.15, -0.1) is 0 Å². The van der Waals surface area contributed by atoms with Crippen LogP contribution >= 0.6 is 0 Å². The van der Waals surface area contributed by atoms with E-state index < -0.39 is 0 Å². The summed E-state index contributed by atoms with van der Waals surface area (Å²) >= 11 is 0. The van der Waals surface area contributed by atoms with Crippen LogP contribution in [0.25, 0.3) is 0 Å². The minimum atomic E-state index is 0.882. The maximum Gasteiger partial charge on any atom is 0.0556 e. The van der Waals surface area contributed by atoms with Crippen LogP contribution in [0.3, 0.4) is 0 Å². The normalized spacial score (nSPS) is 23.7. The summed E-state index contributed by atoms with van der Waals surface area (Å²) in [6.45, 7) is 7.59. The highest BCUT2D eigenvalue weighted by atomic mass is 14.9. The van der Waals surface area contributed by atoms with Crippen molar-refractivity contribution in [2.45, 2.75) is 20.3 Å². The van der Waals surface area contributed by atoms with Crippen molar-refractivity contribution in [1.82, 2.24) is 5.32 Å². The van der Waals surface area contributed by atoms with Crippen molar-refractivity contribution in [3.8, 4) is 0 Å². The van der Waals surface area contributed by atoms with E-state index in [0.717, 1.165) is 5.92 Å². The minimum absolute atomic E-state index is 0.882. The Hall–Kier alpha value is -0.0800. The zero-order valence-corrected chi connectivity index (χ0v) is 7.19. The van der Waals surface area contributed by atoms with Crippen molar-refractivity contribution < 1.29 is 5.32 Å². The molecule has 1 atom stereocenters. The molecule has 0 radical (unpaired) electrons. The van der Waals surface area contributed by atoms with Gasteiger partial charge in [0.05, 0.1) is 6.54 Å². The largest absolute Gasteiger partial charge is 0.479 e. The average molecular weight is 144 g/mol. The number of quaternary nitrogens is 1. The van der Waals surface area contributed by atoms with Crippen molar-refractivity contribution in [2.24, 2.45) is 5.92 Å². The maximum absolute atomic E-state index is 3.70. The van der Waals surface area contributed by atoms with Gasteiger partial charge >= 0.3 is 0 Å². The molecule has 62 valence electrons. The molecule has 0 saturated carbocycles. The topological polar surface area (TPSA) is 28.6 Å². The van der Waals surface area contributed by atoms with Gasteiger partial charge in [0.15, 0.2) is 0 Å². The Morgan fingerprint density at radius 2 is 2.30 bits per heavy atom. The van der Waals surface area contributed by atoms with E-state index >= 15 is 0 Å². The lowest BCUT2D eigenvalue weighted by Gasteiger charge is -2.05. The standard InChI is InChI=1S/C6H14N2.C2H6/c1-7-4-6-2-3-8-5-6;1-2/h6,8H,1-5,7H2;1-2H3/t6-;/m1./s1. The van der Waals surface area contributed by atoms with E-state index in [0.29, 0.717) is 0 Å². The Morgan fingerprint density at radius 1 is 1.60 bits per heavy atom. The molecule has 1 fully saturated rings. The molecule has 10 heavy (non-hydrogen) atoms. The summed E-state index contributed by atoms with van der Waals surface area (Å²) in [6.07, 6.45) is 1.34. The van der Waals surface area contributed by atoms with Crippen LogP contribution in [0.5, 0.6) is 0 Å². The first-order valence-electron chi connectivity index (χ1n) is 4.25. The maximum atomic E-state index is 3.70. The van der Waals surface area contributed by atoms with Crippen LogP contribution in [0.1, 0.15) is 20.3 Å². The molecule has 1 heterocycles. The average Bonchev–Trinajstić information content (AvgIpc) is 2.46. The fraction of sp³-hybridized carbons (Fsp3) is 0.875. The number of nitrogens with two attached hydrogens (primary N) is 1. The lowest BCUT2D eigenvalue weighted by atomic mass is 10.1. The van der Waals surface area contributed by atoms with Gasteiger partial charge in [0.2, 0.25) is 0 Å². The molecule has 1 aliphatic heterocycles. The van der Waals surface area contributed by atoms with Crippen molar-refractivity contribution >= 4 is 0 Å². The number of rotatable bonds is 2. The molecule has 0 aromatic rings. The lowest BCUT2D eigenvalue weighted by Crippen LogP contribution is -2.78. The van der Waals surface area contributed by atoms with Crippen LogP contribution in [0.15, 0.2) is 0 Å². The molecule has 0 aliphatic carbocycles. The molecule has 0 spiro atoms. The van der Waals surface area contributed by atoms with Gasteiger partial charge in [-0.1, -0.05) is 13.8 Å². The SMILES string of the molecule is CC.[CH2-][NH2+]C[C@H]1CCNC1. The summed E-state index contributed by atoms with van der Waals surface area (Å²) in [5, 5.41) is 5.32. The van der Waals surface area contributed by atoms with Crippen molar-refractivity contribution in [3.05, 3.63) is 7.05 Å². The van der Waals surface area contributed by atoms with Gasteiger partial charge in [-0.25, -0.2) is 0 Å². The molecule has 1 rings (SSSR count). The highest BCUT2D eigenvalue weighted by Gasteiger charge is 2.13. The smallest absolute Gasteiger partial charge is 0.0556 e. The first-order chi connectivity index (χ1) is 4.93. The molecule has 2 nitrogen and oxygen atoms in total. The van der Waals surface area contributed by atoms with Gasteiger partial charge in [-0.05, 0) is 13.0 Å². The lowest BCUT2D eigenvalue weighted by molar-refractivity contribution is -0.601. The Bertz CT molecular complexity index is 58.3. The zero-order valence-electron chi connectivity index (χ0n) is 7.19. The molecule has 0 bridgehead atoms. The third kappa shape index (κ3) is 3.85. The number of hydrogen-bond donors (Lipinski definition) is 2. The second-order valence-corrected chi connectivity index (χ2v) is 2.38. The highest BCUT2D eigenvalue weighted by molar-refractivity contribution is 4.68. The summed E-state index contributed by atoms with van der Waals surface area (Å²) in [5.74, 6) is 0.882. The Morgan fingerprint density at radius 3 is 2.70 bits per heavy atom. The first-order valence-corrected chi connectivity index (χ1v) is 4.25. The van der Waals surface area contributed by atoms with Gasteiger partial charge in [0, 0.05) is 12.5 Å². The zero-order chi connectivity index (χ0) is 7.82. The van der Waals surface area contributed by atoms with Crippen molar-refractivity contribution in [3.63, 3.8) is 0 Å². The predicted octanol–water partition coefficient (Wildman–Crippen LogP) is -0.0229. The molecule has 0 amide bonds. The Kier molecular flexibility index (Phi) is 6.98. The second kappa shape index (κ2) is 7.03. The predicted molar refractivity (Wildman–Crippen MR) is 44.5 cm³/mol. The monoisotopic (exact) mass is 144 g/mol. The molecular weight excluding hydrogens is 124 g/mol. The molecule has 2 heteroatoms. The van der Waals surface area contributed by atoms with Crippen LogP contribution in [0.2, 0.25) is 0 Å². The third-order valence-corrected chi connectivity index (χ3v) is 1.66. The molecule has 1 saturated heterocycles. The van der Waals surface area contributed by atoms with Crippen molar-refractivity contribution in [2.75, 3.05) is 19.6 Å². The highest BCUT2D eigenvalue weighted by Crippen LogP contribution is 2.02. The molecule has 3 N–H and O–H groups in total. The Balaban J connectivity index is 0.000000371. The van der Waals surface area contributed by atoms with E-state index in [1.165, 1.54) is 26.1 Å². The summed E-state index contributed by atoms with van der Waals surface area (Å²) in [6, 6.07) is 0. The van der Waals surface area contributed by atoms with E-state index in [-0.39, 0.29) is 0 Å². The molecule has 0 unspecified atom stereocenters. The van der Waals surface area contributed by atoms with E-state index in [2.05, 4.69) is 12.4 Å². The minimum Gasteiger partial charge on any atom is -0.479 e. The van der Waals surface area contributed by atoms with Crippen LogP contribution < -0.4 is 10.6 Å². The number of hydrogen-bond acceptors (Lipinski definition) is 1. The second-order valence-electron chi connectivity index (χ2n) is 2.38. The van der Waals surface area contributed by atoms with Crippen molar-refractivity contribution in [1.29, 1.82) is 0 Å². The van der Waals surface area contributed by atoms with Crippen LogP contribution in [-0.4, -0.2) is 19.6 Å². The van der Waals surface area contributed by atoms with E-state index in [1.54, 1.807) is 0 Å². The number of nitrogens with one attached hydrogen (secondary N) is 1. The van der Waals surface area contributed by atoms with Gasteiger partial charge < -0.3 is 10.6 Å². The first kappa shape index (κ1) is 9.92. The van der Waals surface area contributed by atoms with Gasteiger partial charge in [0.1, 0.15) is 0 Å². The fourth-order valence-electron chi connectivity index (χ4n) is 1.15. The van der Waals surface area contributed by atoms with Crippen LogP contribution in [0.4, 0.5) is 0 Å². The fourth-order valence-corrected chi connectivity index (χ4v) is 1.15. The molecule has 0 aromatic heterocycles. The summed E-state index contributed by atoms with van der Waals surface area (Å²) < 4.78 is 0. The van der Waals surface area contributed by atoms with Gasteiger partial charge in [0.25, 0.3) is 0 Å². The van der Waals surface area contributed by atoms with E-state index in [9.17, 15) is 0 Å². The molecular formula is C8H20N2. The van der Waals surface area contributed by atoms with E-state index in [1.807, 2.05) is 19.2 Å².